The molecular formula is C16H33NO. The molecule has 0 aromatic rings. The van der Waals surface area contributed by atoms with Gasteiger partial charge in [0.1, 0.15) is 0 Å². The Morgan fingerprint density at radius 2 is 1.83 bits per heavy atom. The van der Waals surface area contributed by atoms with E-state index in [1.54, 1.807) is 0 Å². The summed E-state index contributed by atoms with van der Waals surface area (Å²) in [6.07, 6.45) is 10.4. The molecule has 2 heteroatoms. The predicted molar refractivity (Wildman–Crippen MR) is 79.0 cm³/mol. The van der Waals surface area contributed by atoms with Crippen molar-refractivity contribution in [3.8, 4) is 0 Å². The number of hydrogen-bond donors (Lipinski definition) is 1. The van der Waals surface area contributed by atoms with Crippen LogP contribution in [0.3, 0.4) is 0 Å². The van der Waals surface area contributed by atoms with Gasteiger partial charge in [0.25, 0.3) is 0 Å². The fraction of sp³-hybridized carbons (Fsp3) is 1.00. The minimum absolute atomic E-state index is 0.148. The molecule has 1 aliphatic carbocycles. The topological polar surface area (TPSA) is 21.3 Å². The number of hydrogen-bond acceptors (Lipinski definition) is 2. The van der Waals surface area contributed by atoms with Crippen LogP contribution in [0.2, 0.25) is 0 Å². The highest BCUT2D eigenvalue weighted by Crippen LogP contribution is 2.34. The Morgan fingerprint density at radius 1 is 1.11 bits per heavy atom. The summed E-state index contributed by atoms with van der Waals surface area (Å²) in [5, 5.41) is 3.50. The molecule has 1 aliphatic rings. The maximum atomic E-state index is 6.31. The van der Waals surface area contributed by atoms with Crippen LogP contribution in [0.15, 0.2) is 0 Å². The minimum atomic E-state index is 0.148. The van der Waals surface area contributed by atoms with Gasteiger partial charge >= 0.3 is 0 Å². The molecule has 1 rings (SSSR count). The van der Waals surface area contributed by atoms with Crippen molar-refractivity contribution in [1.29, 1.82) is 0 Å². The van der Waals surface area contributed by atoms with Gasteiger partial charge < -0.3 is 10.1 Å². The fourth-order valence-electron chi connectivity index (χ4n) is 2.83. The molecular weight excluding hydrogens is 222 g/mol. The third kappa shape index (κ3) is 5.71. The molecule has 2 nitrogen and oxygen atoms in total. The third-order valence-electron chi connectivity index (χ3n) is 4.29. The van der Waals surface area contributed by atoms with Crippen LogP contribution in [-0.4, -0.2) is 25.3 Å². The van der Waals surface area contributed by atoms with E-state index >= 15 is 0 Å². The molecule has 18 heavy (non-hydrogen) atoms. The number of ether oxygens (including phenoxy) is 1. The van der Waals surface area contributed by atoms with Gasteiger partial charge in [-0.2, -0.15) is 0 Å². The lowest BCUT2D eigenvalue weighted by molar-refractivity contribution is -0.0760. The van der Waals surface area contributed by atoms with E-state index in [1.165, 1.54) is 51.4 Å². The average Bonchev–Trinajstić information content (AvgIpc) is 2.39. The molecule has 108 valence electrons. The zero-order chi connectivity index (χ0) is 13.3. The van der Waals surface area contributed by atoms with Crippen molar-refractivity contribution in [2.45, 2.75) is 77.7 Å². The quantitative estimate of drug-likeness (QED) is 0.625. The summed E-state index contributed by atoms with van der Waals surface area (Å²) < 4.78 is 6.31. The molecule has 0 amide bonds. The fourth-order valence-corrected chi connectivity index (χ4v) is 2.83. The molecule has 0 atom stereocenters. The summed E-state index contributed by atoms with van der Waals surface area (Å²) >= 11 is 0. The number of nitrogens with one attached hydrogen (secondary N) is 1. The second-order valence-corrected chi connectivity index (χ2v) is 6.05. The van der Waals surface area contributed by atoms with Gasteiger partial charge in [0.2, 0.25) is 0 Å². The Balaban J connectivity index is 2.30. The minimum Gasteiger partial charge on any atom is -0.374 e. The summed E-state index contributed by atoms with van der Waals surface area (Å²) in [5.41, 5.74) is 0.148. The highest BCUT2D eigenvalue weighted by atomic mass is 16.5. The maximum absolute atomic E-state index is 6.31. The number of unbranched alkanes of at least 4 members (excludes halogenated alkanes) is 3. The molecule has 0 aromatic heterocycles. The third-order valence-corrected chi connectivity index (χ3v) is 4.29. The van der Waals surface area contributed by atoms with Crippen LogP contribution in [0.25, 0.3) is 0 Å². The second kappa shape index (κ2) is 8.92. The molecule has 1 N–H and O–H groups in total. The van der Waals surface area contributed by atoms with Crippen molar-refractivity contribution in [3.05, 3.63) is 0 Å². The van der Waals surface area contributed by atoms with Gasteiger partial charge in [-0.3, -0.25) is 0 Å². The zero-order valence-electron chi connectivity index (χ0n) is 12.8. The average molecular weight is 255 g/mol. The monoisotopic (exact) mass is 255 g/mol. The molecule has 0 saturated heterocycles. The Bertz CT molecular complexity index is 192. The van der Waals surface area contributed by atoms with Gasteiger partial charge in [0.15, 0.2) is 0 Å². The van der Waals surface area contributed by atoms with E-state index in [-0.39, 0.29) is 5.60 Å². The van der Waals surface area contributed by atoms with Crippen molar-refractivity contribution < 1.29 is 4.74 Å². The molecule has 0 radical (unpaired) electrons. The number of likely N-dealkylation sites (N-methyl/N-ethyl adjacent to an activating group) is 1. The highest BCUT2D eigenvalue weighted by Gasteiger charge is 2.34. The molecule has 1 saturated carbocycles. The molecule has 1 fully saturated rings. The van der Waals surface area contributed by atoms with E-state index in [4.69, 9.17) is 4.74 Å². The van der Waals surface area contributed by atoms with Crippen LogP contribution in [0.1, 0.15) is 72.1 Å². The van der Waals surface area contributed by atoms with Crippen LogP contribution >= 0.6 is 0 Å². The lowest BCUT2D eigenvalue weighted by atomic mass is 9.79. The Hall–Kier alpha value is -0.0800. The Kier molecular flexibility index (Phi) is 7.92. The Morgan fingerprint density at radius 3 is 2.44 bits per heavy atom. The van der Waals surface area contributed by atoms with Crippen molar-refractivity contribution in [2.24, 2.45) is 5.92 Å². The standard InChI is InChI=1S/C16H33NO/c1-4-6-7-8-13-18-16(14-17-5-2)11-9-15(3)10-12-16/h15,17H,4-14H2,1-3H3. The van der Waals surface area contributed by atoms with E-state index in [0.29, 0.717) is 0 Å². The zero-order valence-corrected chi connectivity index (χ0v) is 12.8. The van der Waals surface area contributed by atoms with Crippen molar-refractivity contribution in [1.82, 2.24) is 5.32 Å². The lowest BCUT2D eigenvalue weighted by Crippen LogP contribution is -2.46. The van der Waals surface area contributed by atoms with Crippen LogP contribution in [0.4, 0.5) is 0 Å². The van der Waals surface area contributed by atoms with Gasteiger partial charge in [-0.1, -0.05) is 40.0 Å². The van der Waals surface area contributed by atoms with Gasteiger partial charge in [0.05, 0.1) is 5.60 Å². The molecule has 0 bridgehead atoms. The molecule has 0 aliphatic heterocycles. The smallest absolute Gasteiger partial charge is 0.0806 e. The lowest BCUT2D eigenvalue weighted by Gasteiger charge is -2.39. The second-order valence-electron chi connectivity index (χ2n) is 6.05. The van der Waals surface area contributed by atoms with Crippen molar-refractivity contribution >= 4 is 0 Å². The molecule has 0 aromatic carbocycles. The normalized spacial score (nSPS) is 28.5. The van der Waals surface area contributed by atoms with E-state index in [2.05, 4.69) is 26.1 Å². The summed E-state index contributed by atoms with van der Waals surface area (Å²) in [5.74, 6) is 0.892. The van der Waals surface area contributed by atoms with Gasteiger partial charge in [-0.05, 0) is 44.6 Å². The first kappa shape index (κ1) is 16.0. The molecule has 0 heterocycles. The first-order chi connectivity index (χ1) is 8.72. The summed E-state index contributed by atoms with van der Waals surface area (Å²) in [7, 11) is 0. The van der Waals surface area contributed by atoms with E-state index < -0.39 is 0 Å². The van der Waals surface area contributed by atoms with Gasteiger partial charge in [-0.15, -0.1) is 0 Å². The predicted octanol–water partition coefficient (Wildman–Crippen LogP) is 4.14. The van der Waals surface area contributed by atoms with Crippen LogP contribution in [0.5, 0.6) is 0 Å². The first-order valence-electron chi connectivity index (χ1n) is 8.07. The maximum Gasteiger partial charge on any atom is 0.0806 e. The SMILES string of the molecule is CCCCCCOC1(CNCC)CCC(C)CC1. The van der Waals surface area contributed by atoms with Crippen LogP contribution in [0, 0.1) is 5.92 Å². The van der Waals surface area contributed by atoms with Gasteiger partial charge in [-0.25, -0.2) is 0 Å². The summed E-state index contributed by atoms with van der Waals surface area (Å²) in [4.78, 5) is 0. The largest absolute Gasteiger partial charge is 0.374 e. The van der Waals surface area contributed by atoms with Crippen molar-refractivity contribution in [2.75, 3.05) is 19.7 Å². The molecule has 0 unspecified atom stereocenters. The van der Waals surface area contributed by atoms with Crippen LogP contribution < -0.4 is 5.32 Å². The van der Waals surface area contributed by atoms with Gasteiger partial charge in [0, 0.05) is 13.2 Å². The number of rotatable bonds is 9. The van der Waals surface area contributed by atoms with E-state index in [1.807, 2.05) is 0 Å². The van der Waals surface area contributed by atoms with Crippen molar-refractivity contribution in [3.63, 3.8) is 0 Å². The Labute approximate surface area is 114 Å². The van der Waals surface area contributed by atoms with E-state index in [9.17, 15) is 0 Å². The highest BCUT2D eigenvalue weighted by molar-refractivity contribution is 4.88. The summed E-state index contributed by atoms with van der Waals surface area (Å²) in [6.45, 7) is 9.87. The summed E-state index contributed by atoms with van der Waals surface area (Å²) in [6, 6.07) is 0. The van der Waals surface area contributed by atoms with Crippen LogP contribution in [-0.2, 0) is 4.74 Å². The van der Waals surface area contributed by atoms with E-state index in [0.717, 1.165) is 25.6 Å². The molecule has 0 spiro atoms. The first-order valence-corrected chi connectivity index (χ1v) is 8.07.